The van der Waals surface area contributed by atoms with Gasteiger partial charge in [-0.05, 0) is 26.8 Å². The molecule has 0 amide bonds. The van der Waals surface area contributed by atoms with Gasteiger partial charge in [-0.25, -0.2) is 0 Å². The molecule has 0 aromatic heterocycles. The lowest BCUT2D eigenvalue weighted by atomic mass is 9.79. The lowest BCUT2D eigenvalue weighted by molar-refractivity contribution is 0.241. The minimum absolute atomic E-state index is 0.0330. The zero-order valence-electron chi connectivity index (χ0n) is 9.80. The number of ether oxygens (including phenoxy) is 2. The fourth-order valence-corrected chi connectivity index (χ4v) is 1.34. The van der Waals surface area contributed by atoms with Crippen LogP contribution in [0.4, 0.5) is 0 Å². The third kappa shape index (κ3) is 3.43. The van der Waals surface area contributed by atoms with Crippen LogP contribution >= 0.6 is 0 Å². The van der Waals surface area contributed by atoms with Crippen molar-refractivity contribution >= 4 is 12.6 Å². The van der Waals surface area contributed by atoms with E-state index in [1.807, 2.05) is 20.8 Å². The van der Waals surface area contributed by atoms with Crippen molar-refractivity contribution in [2.45, 2.75) is 26.9 Å². The first kappa shape index (κ1) is 12.9. The highest BCUT2D eigenvalue weighted by Crippen LogP contribution is 2.19. The average molecular weight is 224 g/mol. The Morgan fingerprint density at radius 3 is 2.50 bits per heavy atom. The maximum absolute atomic E-state index is 9.17. The first-order valence-corrected chi connectivity index (χ1v) is 5.34. The quantitative estimate of drug-likeness (QED) is 0.717. The Morgan fingerprint density at radius 1 is 1.31 bits per heavy atom. The molecule has 88 valence electrons. The molecule has 0 aliphatic carbocycles. The fraction of sp³-hybridized carbons (Fsp3) is 0.455. The summed E-state index contributed by atoms with van der Waals surface area (Å²) in [6.45, 7) is 6.20. The summed E-state index contributed by atoms with van der Waals surface area (Å²) in [5, 5.41) is 18.3. The standard InChI is InChI=1S/C11H17BO4/c1-4-15-9-5-6-10(12(13)14)11(7-9)16-8(2)3/h5-8,13-14H,4H2,1-3H3. The van der Waals surface area contributed by atoms with E-state index in [1.54, 1.807) is 18.2 Å². The Bertz CT molecular complexity index is 339. The SMILES string of the molecule is CCOc1ccc(B(O)O)c(OC(C)C)c1. The van der Waals surface area contributed by atoms with Crippen LogP contribution in [-0.4, -0.2) is 29.9 Å². The highest BCUT2D eigenvalue weighted by Gasteiger charge is 2.18. The van der Waals surface area contributed by atoms with Gasteiger partial charge < -0.3 is 19.5 Å². The van der Waals surface area contributed by atoms with Gasteiger partial charge in [0.05, 0.1) is 12.7 Å². The Labute approximate surface area is 96.0 Å². The normalized spacial score (nSPS) is 10.4. The van der Waals surface area contributed by atoms with E-state index in [2.05, 4.69) is 0 Å². The van der Waals surface area contributed by atoms with Gasteiger partial charge in [0.1, 0.15) is 11.5 Å². The van der Waals surface area contributed by atoms with Gasteiger partial charge in [0.15, 0.2) is 0 Å². The molecule has 0 saturated carbocycles. The van der Waals surface area contributed by atoms with Crippen LogP contribution in [0.2, 0.25) is 0 Å². The van der Waals surface area contributed by atoms with Gasteiger partial charge in [-0.3, -0.25) is 0 Å². The van der Waals surface area contributed by atoms with Crippen LogP contribution in [0.25, 0.3) is 0 Å². The molecule has 0 heterocycles. The predicted molar refractivity (Wildman–Crippen MR) is 63.2 cm³/mol. The highest BCUT2D eigenvalue weighted by molar-refractivity contribution is 6.59. The lowest BCUT2D eigenvalue weighted by Crippen LogP contribution is -2.32. The molecule has 0 unspecified atom stereocenters. The molecule has 0 bridgehead atoms. The van der Waals surface area contributed by atoms with Gasteiger partial charge in [-0.1, -0.05) is 6.07 Å². The molecule has 0 aliphatic heterocycles. The molecule has 16 heavy (non-hydrogen) atoms. The Hall–Kier alpha value is -1.20. The van der Waals surface area contributed by atoms with E-state index >= 15 is 0 Å². The predicted octanol–water partition coefficient (Wildman–Crippen LogP) is 0.552. The smallest absolute Gasteiger partial charge is 0.492 e. The van der Waals surface area contributed by atoms with Crippen LogP contribution in [0.1, 0.15) is 20.8 Å². The zero-order chi connectivity index (χ0) is 12.1. The first-order chi connectivity index (χ1) is 7.54. The number of hydrogen-bond donors (Lipinski definition) is 2. The minimum atomic E-state index is -1.54. The summed E-state index contributed by atoms with van der Waals surface area (Å²) in [4.78, 5) is 0. The monoisotopic (exact) mass is 224 g/mol. The van der Waals surface area contributed by atoms with Crippen molar-refractivity contribution in [2.75, 3.05) is 6.61 Å². The van der Waals surface area contributed by atoms with Crippen LogP contribution in [-0.2, 0) is 0 Å². The number of rotatable bonds is 5. The van der Waals surface area contributed by atoms with Crippen LogP contribution in [0, 0.1) is 0 Å². The minimum Gasteiger partial charge on any atom is -0.494 e. The summed E-state index contributed by atoms with van der Waals surface area (Å²) >= 11 is 0. The van der Waals surface area contributed by atoms with Crippen molar-refractivity contribution in [3.63, 3.8) is 0 Å². The average Bonchev–Trinajstić information content (AvgIpc) is 2.16. The fourth-order valence-electron chi connectivity index (χ4n) is 1.34. The van der Waals surface area contributed by atoms with Gasteiger partial charge in [0, 0.05) is 11.5 Å². The van der Waals surface area contributed by atoms with Crippen LogP contribution in [0.15, 0.2) is 18.2 Å². The van der Waals surface area contributed by atoms with E-state index in [4.69, 9.17) is 9.47 Å². The molecule has 2 N–H and O–H groups in total. The van der Waals surface area contributed by atoms with Crippen molar-refractivity contribution in [3.05, 3.63) is 18.2 Å². The second kappa shape index (κ2) is 5.77. The van der Waals surface area contributed by atoms with Crippen molar-refractivity contribution in [1.82, 2.24) is 0 Å². The van der Waals surface area contributed by atoms with Gasteiger partial charge >= 0.3 is 7.12 Å². The molecule has 0 radical (unpaired) electrons. The van der Waals surface area contributed by atoms with E-state index in [1.165, 1.54) is 0 Å². The molecule has 5 heteroatoms. The van der Waals surface area contributed by atoms with Gasteiger partial charge in [-0.2, -0.15) is 0 Å². The van der Waals surface area contributed by atoms with Crippen LogP contribution < -0.4 is 14.9 Å². The first-order valence-electron chi connectivity index (χ1n) is 5.34. The second-order valence-corrected chi connectivity index (χ2v) is 3.67. The Balaban J connectivity index is 3.00. The number of hydrogen-bond acceptors (Lipinski definition) is 4. The number of benzene rings is 1. The molecular formula is C11H17BO4. The molecular weight excluding hydrogens is 207 g/mol. The van der Waals surface area contributed by atoms with Gasteiger partial charge in [0.25, 0.3) is 0 Å². The summed E-state index contributed by atoms with van der Waals surface area (Å²) in [6, 6.07) is 4.94. The summed E-state index contributed by atoms with van der Waals surface area (Å²) in [7, 11) is -1.54. The molecule has 1 aromatic rings. The van der Waals surface area contributed by atoms with E-state index in [0.717, 1.165) is 0 Å². The van der Waals surface area contributed by atoms with Crippen molar-refractivity contribution in [1.29, 1.82) is 0 Å². The van der Waals surface area contributed by atoms with E-state index in [0.29, 0.717) is 23.6 Å². The third-order valence-electron chi connectivity index (χ3n) is 1.94. The van der Waals surface area contributed by atoms with Crippen molar-refractivity contribution < 1.29 is 19.5 Å². The van der Waals surface area contributed by atoms with Gasteiger partial charge in [-0.15, -0.1) is 0 Å². The maximum Gasteiger partial charge on any atom is 0.492 e. The maximum atomic E-state index is 9.17. The third-order valence-corrected chi connectivity index (χ3v) is 1.94. The Kier molecular flexibility index (Phi) is 4.64. The van der Waals surface area contributed by atoms with Crippen LogP contribution in [0.3, 0.4) is 0 Å². The summed E-state index contributed by atoms with van der Waals surface area (Å²) in [6.07, 6.45) is -0.0330. The highest BCUT2D eigenvalue weighted by atomic mass is 16.5. The molecule has 4 nitrogen and oxygen atoms in total. The molecule has 0 spiro atoms. The largest absolute Gasteiger partial charge is 0.494 e. The summed E-state index contributed by atoms with van der Waals surface area (Å²) in [5.74, 6) is 1.10. The van der Waals surface area contributed by atoms with E-state index in [9.17, 15) is 10.0 Å². The van der Waals surface area contributed by atoms with E-state index in [-0.39, 0.29) is 6.10 Å². The molecule has 0 aliphatic rings. The lowest BCUT2D eigenvalue weighted by Gasteiger charge is -2.15. The summed E-state index contributed by atoms with van der Waals surface area (Å²) in [5.41, 5.74) is 0.345. The van der Waals surface area contributed by atoms with Crippen molar-refractivity contribution in [3.8, 4) is 11.5 Å². The second-order valence-electron chi connectivity index (χ2n) is 3.67. The van der Waals surface area contributed by atoms with Gasteiger partial charge in [0.2, 0.25) is 0 Å². The zero-order valence-corrected chi connectivity index (χ0v) is 9.80. The van der Waals surface area contributed by atoms with Crippen molar-refractivity contribution in [2.24, 2.45) is 0 Å². The molecule has 0 saturated heterocycles. The molecule has 1 rings (SSSR count). The molecule has 0 atom stereocenters. The molecule has 0 fully saturated rings. The summed E-state index contributed by atoms with van der Waals surface area (Å²) < 4.78 is 10.8. The Morgan fingerprint density at radius 2 is 2.00 bits per heavy atom. The van der Waals surface area contributed by atoms with Crippen LogP contribution in [0.5, 0.6) is 11.5 Å². The molecule has 1 aromatic carbocycles. The topological polar surface area (TPSA) is 58.9 Å². The van der Waals surface area contributed by atoms with E-state index < -0.39 is 7.12 Å².